The van der Waals surface area contributed by atoms with Gasteiger partial charge in [0.2, 0.25) is 5.88 Å². The van der Waals surface area contributed by atoms with Crippen LogP contribution in [0.15, 0.2) is 77.4 Å². The van der Waals surface area contributed by atoms with Crippen LogP contribution in [0.25, 0.3) is 0 Å². The molecule has 2 heterocycles. The number of rotatable bonds is 6. The molecule has 1 saturated heterocycles. The highest BCUT2D eigenvalue weighted by Gasteiger charge is 2.36. The normalized spacial score (nSPS) is 19.0. The zero-order valence-corrected chi connectivity index (χ0v) is 19.7. The molecule has 0 aromatic heterocycles. The molecule has 0 radical (unpaired) electrons. The van der Waals surface area contributed by atoms with E-state index in [4.69, 9.17) is 15.2 Å². The predicted molar refractivity (Wildman–Crippen MR) is 130 cm³/mol. The average Bonchev–Trinajstić information content (AvgIpc) is 2.85. The summed E-state index contributed by atoms with van der Waals surface area (Å²) in [5.41, 5.74) is 9.78. The Morgan fingerprint density at radius 1 is 1.12 bits per heavy atom. The van der Waals surface area contributed by atoms with Gasteiger partial charge in [-0.25, -0.2) is 4.79 Å². The lowest BCUT2D eigenvalue weighted by molar-refractivity contribution is -0.139. The van der Waals surface area contributed by atoms with Crippen LogP contribution in [-0.4, -0.2) is 43.7 Å². The number of esters is 1. The minimum absolute atomic E-state index is 0.0247. The maximum Gasteiger partial charge on any atom is 0.338 e. The van der Waals surface area contributed by atoms with Crippen LogP contribution in [0, 0.1) is 11.3 Å². The summed E-state index contributed by atoms with van der Waals surface area (Å²) in [7, 11) is 0. The Balaban J connectivity index is 1.49. The van der Waals surface area contributed by atoms with E-state index >= 15 is 0 Å². The number of carbonyl (C=O) groups is 1. The van der Waals surface area contributed by atoms with Crippen LogP contribution in [0.2, 0.25) is 0 Å². The number of carbonyl (C=O) groups excluding carboxylic acids is 1. The molecule has 7 heteroatoms. The van der Waals surface area contributed by atoms with Gasteiger partial charge in [-0.05, 0) is 37.1 Å². The molecule has 2 aliphatic heterocycles. The van der Waals surface area contributed by atoms with Crippen molar-refractivity contribution in [2.45, 2.75) is 26.3 Å². The number of hydrogen-bond donors (Lipinski definition) is 1. The van der Waals surface area contributed by atoms with E-state index in [0.717, 1.165) is 44.0 Å². The van der Waals surface area contributed by atoms with Crippen LogP contribution in [0.1, 0.15) is 30.9 Å². The SMILES string of the molecule is CCOC(=O)C1=C(C)OC(N)=C(C#N)C1c1ccc(N2CCN(Cc3ccccc3)CC2)cc1. The Bertz CT molecular complexity index is 1120. The van der Waals surface area contributed by atoms with Crippen LogP contribution in [0.4, 0.5) is 5.69 Å². The lowest BCUT2D eigenvalue weighted by Gasteiger charge is -2.36. The van der Waals surface area contributed by atoms with E-state index in [2.05, 4.69) is 40.1 Å². The number of nitrogens with zero attached hydrogens (tertiary/aromatic N) is 3. The molecule has 7 nitrogen and oxygen atoms in total. The fourth-order valence-electron chi connectivity index (χ4n) is 4.57. The molecule has 2 aromatic rings. The minimum atomic E-state index is -0.616. The third kappa shape index (κ3) is 4.92. The number of benzene rings is 2. The smallest absolute Gasteiger partial charge is 0.338 e. The fraction of sp³-hybridized carbons (Fsp3) is 0.333. The lowest BCUT2D eigenvalue weighted by atomic mass is 9.83. The zero-order chi connectivity index (χ0) is 24.1. The largest absolute Gasteiger partial charge is 0.463 e. The average molecular weight is 459 g/mol. The molecule has 176 valence electrons. The van der Waals surface area contributed by atoms with Crippen LogP contribution < -0.4 is 10.6 Å². The van der Waals surface area contributed by atoms with Crippen molar-refractivity contribution >= 4 is 11.7 Å². The summed E-state index contributed by atoms with van der Waals surface area (Å²) >= 11 is 0. The Morgan fingerprint density at radius 3 is 2.41 bits per heavy atom. The van der Waals surface area contributed by atoms with Crippen LogP contribution in [-0.2, 0) is 20.8 Å². The first kappa shape index (κ1) is 23.4. The molecule has 0 amide bonds. The van der Waals surface area contributed by atoms with Gasteiger partial charge >= 0.3 is 5.97 Å². The number of hydrogen-bond acceptors (Lipinski definition) is 7. The second-order valence-electron chi connectivity index (χ2n) is 8.46. The summed E-state index contributed by atoms with van der Waals surface area (Å²) < 4.78 is 10.7. The van der Waals surface area contributed by atoms with Crippen molar-refractivity contribution in [2.24, 2.45) is 5.73 Å². The van der Waals surface area contributed by atoms with Crippen molar-refractivity contribution in [3.05, 3.63) is 88.5 Å². The van der Waals surface area contributed by atoms with Gasteiger partial charge in [0.05, 0.1) is 18.1 Å². The summed E-state index contributed by atoms with van der Waals surface area (Å²) in [6.45, 7) is 8.47. The molecular formula is C27H30N4O3. The summed E-state index contributed by atoms with van der Waals surface area (Å²) in [5.74, 6) is -0.728. The van der Waals surface area contributed by atoms with Crippen molar-refractivity contribution < 1.29 is 14.3 Å². The molecule has 34 heavy (non-hydrogen) atoms. The summed E-state index contributed by atoms with van der Waals surface area (Å²) in [4.78, 5) is 17.5. The van der Waals surface area contributed by atoms with E-state index in [1.165, 1.54) is 5.56 Å². The van der Waals surface area contributed by atoms with Gasteiger partial charge in [0.15, 0.2) is 0 Å². The van der Waals surface area contributed by atoms with Crippen LogP contribution in [0.5, 0.6) is 0 Å². The van der Waals surface area contributed by atoms with Crippen molar-refractivity contribution in [3.63, 3.8) is 0 Å². The second kappa shape index (κ2) is 10.4. The topological polar surface area (TPSA) is 91.8 Å². The summed E-state index contributed by atoms with van der Waals surface area (Å²) in [5, 5.41) is 9.74. The van der Waals surface area contributed by atoms with E-state index in [0.29, 0.717) is 11.3 Å². The highest BCUT2D eigenvalue weighted by atomic mass is 16.5. The first-order valence-corrected chi connectivity index (χ1v) is 11.6. The van der Waals surface area contributed by atoms with Gasteiger partial charge in [-0.2, -0.15) is 5.26 Å². The van der Waals surface area contributed by atoms with Crippen molar-refractivity contribution in [3.8, 4) is 6.07 Å². The molecule has 1 unspecified atom stereocenters. The van der Waals surface area contributed by atoms with Crippen molar-refractivity contribution in [2.75, 3.05) is 37.7 Å². The van der Waals surface area contributed by atoms with Gasteiger partial charge in [-0.3, -0.25) is 4.90 Å². The third-order valence-electron chi connectivity index (χ3n) is 6.31. The van der Waals surface area contributed by atoms with Gasteiger partial charge in [0, 0.05) is 38.4 Å². The Morgan fingerprint density at radius 2 is 1.79 bits per heavy atom. The molecule has 1 fully saturated rings. The summed E-state index contributed by atoms with van der Waals surface area (Å²) in [6.07, 6.45) is 0. The number of piperazine rings is 1. The van der Waals surface area contributed by atoms with Crippen molar-refractivity contribution in [1.29, 1.82) is 5.26 Å². The Labute approximate surface area is 200 Å². The third-order valence-corrected chi connectivity index (χ3v) is 6.31. The first-order chi connectivity index (χ1) is 16.5. The Kier molecular flexibility index (Phi) is 7.19. The molecule has 2 aromatic carbocycles. The number of nitriles is 1. The molecule has 2 aliphatic rings. The molecule has 0 spiro atoms. The highest BCUT2D eigenvalue weighted by molar-refractivity contribution is 5.92. The molecular weight excluding hydrogens is 428 g/mol. The van der Waals surface area contributed by atoms with Gasteiger partial charge in [0.1, 0.15) is 17.4 Å². The minimum Gasteiger partial charge on any atom is -0.463 e. The monoisotopic (exact) mass is 458 g/mol. The van der Waals surface area contributed by atoms with E-state index in [1.807, 2.05) is 30.3 Å². The van der Waals surface area contributed by atoms with Gasteiger partial charge in [-0.1, -0.05) is 42.5 Å². The maximum absolute atomic E-state index is 12.7. The number of allylic oxidation sites excluding steroid dienone is 2. The zero-order valence-electron chi connectivity index (χ0n) is 19.7. The van der Waals surface area contributed by atoms with E-state index in [1.54, 1.807) is 13.8 Å². The summed E-state index contributed by atoms with van der Waals surface area (Å²) in [6, 6.07) is 20.7. The first-order valence-electron chi connectivity index (χ1n) is 11.6. The van der Waals surface area contributed by atoms with Gasteiger partial charge in [-0.15, -0.1) is 0 Å². The van der Waals surface area contributed by atoms with Crippen molar-refractivity contribution in [1.82, 2.24) is 4.90 Å². The van der Waals surface area contributed by atoms with Gasteiger partial charge in [0.25, 0.3) is 0 Å². The van der Waals surface area contributed by atoms with E-state index < -0.39 is 11.9 Å². The molecule has 1 atom stereocenters. The highest BCUT2D eigenvalue weighted by Crippen LogP contribution is 2.40. The standard InChI is InChI=1S/C27H30N4O3/c1-3-33-27(32)24-19(2)34-26(29)23(17-28)25(24)21-9-11-22(12-10-21)31-15-13-30(14-16-31)18-20-7-5-4-6-8-20/h4-12,25H,3,13-16,18,29H2,1-2H3. The molecule has 2 N–H and O–H groups in total. The maximum atomic E-state index is 12.7. The fourth-order valence-corrected chi connectivity index (χ4v) is 4.57. The molecule has 4 rings (SSSR count). The van der Waals surface area contributed by atoms with E-state index in [-0.39, 0.29) is 18.1 Å². The van der Waals surface area contributed by atoms with E-state index in [9.17, 15) is 10.1 Å². The second-order valence-corrected chi connectivity index (χ2v) is 8.46. The van der Waals surface area contributed by atoms with Crippen LogP contribution >= 0.6 is 0 Å². The quantitative estimate of drug-likeness (QED) is 0.661. The molecule has 0 bridgehead atoms. The van der Waals surface area contributed by atoms with Gasteiger partial charge < -0.3 is 20.1 Å². The lowest BCUT2D eigenvalue weighted by Crippen LogP contribution is -2.45. The Hall–Kier alpha value is -3.76. The number of ether oxygens (including phenoxy) is 2. The number of anilines is 1. The number of nitrogens with two attached hydrogens (primary N) is 1. The molecule has 0 aliphatic carbocycles. The predicted octanol–water partition coefficient (Wildman–Crippen LogP) is 3.65. The molecule has 0 saturated carbocycles. The van der Waals surface area contributed by atoms with Crippen LogP contribution in [0.3, 0.4) is 0 Å².